The average Bonchev–Trinajstić information content (AvgIpc) is 3.50. The van der Waals surface area contributed by atoms with Gasteiger partial charge in [0, 0.05) is 37.4 Å². The van der Waals surface area contributed by atoms with Crippen LogP contribution in [0.4, 0.5) is 10.1 Å². The lowest BCUT2D eigenvalue weighted by Crippen LogP contribution is -2.46. The summed E-state index contributed by atoms with van der Waals surface area (Å²) in [6, 6.07) is 1.99. The van der Waals surface area contributed by atoms with Crippen LogP contribution in [0.25, 0.3) is 10.9 Å². The molecule has 0 spiro atoms. The van der Waals surface area contributed by atoms with E-state index >= 15 is 4.39 Å². The SMILES string of the molecule is CN1CCC(NC2CCN(c3c(F)cc4c(=O)c(C(=O)O)cn(C5CC5)c4c3Cl)C2)CC1. The van der Waals surface area contributed by atoms with Crippen molar-refractivity contribution in [3.8, 4) is 0 Å². The molecule has 1 aromatic carbocycles. The van der Waals surface area contributed by atoms with E-state index in [0.717, 1.165) is 45.2 Å². The summed E-state index contributed by atoms with van der Waals surface area (Å²) in [6.07, 6.45) is 6.24. The van der Waals surface area contributed by atoms with Crippen molar-refractivity contribution in [3.05, 3.63) is 38.9 Å². The molecule has 0 bridgehead atoms. The number of piperidine rings is 1. The molecule has 3 fully saturated rings. The lowest BCUT2D eigenvalue weighted by Gasteiger charge is -2.31. The Bertz CT molecular complexity index is 1120. The highest BCUT2D eigenvalue weighted by molar-refractivity contribution is 6.38. The van der Waals surface area contributed by atoms with Crippen molar-refractivity contribution in [1.29, 1.82) is 0 Å². The molecule has 5 rings (SSSR count). The third-order valence-corrected chi connectivity index (χ3v) is 7.41. The Morgan fingerprint density at radius 1 is 1.16 bits per heavy atom. The van der Waals surface area contributed by atoms with E-state index in [0.29, 0.717) is 30.3 Å². The number of nitrogens with zero attached hydrogens (tertiary/aromatic N) is 3. The molecule has 2 aromatic rings. The Kier molecular flexibility index (Phi) is 5.63. The van der Waals surface area contributed by atoms with Crippen molar-refractivity contribution in [3.63, 3.8) is 0 Å². The second-order valence-electron chi connectivity index (χ2n) is 9.41. The first-order valence-electron chi connectivity index (χ1n) is 11.3. The molecule has 1 unspecified atom stereocenters. The van der Waals surface area contributed by atoms with Crippen LogP contribution in [-0.4, -0.2) is 65.9 Å². The van der Waals surface area contributed by atoms with Crippen molar-refractivity contribution in [1.82, 2.24) is 14.8 Å². The van der Waals surface area contributed by atoms with Gasteiger partial charge in [0.05, 0.1) is 21.6 Å². The Morgan fingerprint density at radius 2 is 1.84 bits per heavy atom. The first-order chi connectivity index (χ1) is 15.3. The van der Waals surface area contributed by atoms with Gasteiger partial charge in [-0.3, -0.25) is 4.79 Å². The molecule has 1 aliphatic carbocycles. The minimum atomic E-state index is -1.31. The van der Waals surface area contributed by atoms with E-state index in [1.165, 1.54) is 12.3 Å². The van der Waals surface area contributed by atoms with Crippen LogP contribution in [0, 0.1) is 5.82 Å². The zero-order valence-corrected chi connectivity index (χ0v) is 18.9. The van der Waals surface area contributed by atoms with Gasteiger partial charge in [-0.1, -0.05) is 11.6 Å². The second-order valence-corrected chi connectivity index (χ2v) is 9.79. The standard InChI is InChI=1S/C23H28ClFN4O3/c1-27-7-4-13(5-8-27)26-14-6-9-28(11-14)21-18(25)10-16-20(19(21)24)29(15-2-3-15)12-17(22(16)30)23(31)32/h10,12-15,26H,2-9,11H2,1H3,(H,31,32). The summed E-state index contributed by atoms with van der Waals surface area (Å²) >= 11 is 6.75. The van der Waals surface area contributed by atoms with Gasteiger partial charge < -0.3 is 24.8 Å². The van der Waals surface area contributed by atoms with Gasteiger partial charge in [-0.25, -0.2) is 9.18 Å². The number of carboxylic acids is 1. The fourth-order valence-corrected chi connectivity index (χ4v) is 5.53. The highest BCUT2D eigenvalue weighted by atomic mass is 35.5. The van der Waals surface area contributed by atoms with E-state index in [-0.39, 0.29) is 28.1 Å². The molecule has 172 valence electrons. The third-order valence-electron chi connectivity index (χ3n) is 7.05. The number of benzene rings is 1. The summed E-state index contributed by atoms with van der Waals surface area (Å²) in [5, 5.41) is 13.4. The third kappa shape index (κ3) is 3.89. The van der Waals surface area contributed by atoms with Crippen LogP contribution in [0.3, 0.4) is 0 Å². The van der Waals surface area contributed by atoms with Crippen LogP contribution in [0.5, 0.6) is 0 Å². The van der Waals surface area contributed by atoms with Crippen molar-refractivity contribution in [2.75, 3.05) is 38.1 Å². The fraction of sp³-hybridized carbons (Fsp3) is 0.565. The van der Waals surface area contributed by atoms with Crippen molar-refractivity contribution in [2.45, 2.75) is 50.2 Å². The van der Waals surface area contributed by atoms with Gasteiger partial charge in [0.25, 0.3) is 0 Å². The highest BCUT2D eigenvalue weighted by Gasteiger charge is 2.33. The van der Waals surface area contributed by atoms with E-state index in [2.05, 4.69) is 17.3 Å². The van der Waals surface area contributed by atoms with Crippen LogP contribution >= 0.6 is 11.6 Å². The molecule has 1 atom stereocenters. The summed E-state index contributed by atoms with van der Waals surface area (Å²) in [5.41, 5.74) is -0.299. The Balaban J connectivity index is 1.47. The van der Waals surface area contributed by atoms with Gasteiger partial charge in [-0.15, -0.1) is 0 Å². The summed E-state index contributed by atoms with van der Waals surface area (Å²) in [6.45, 7) is 3.48. The smallest absolute Gasteiger partial charge is 0.341 e. The predicted molar refractivity (Wildman–Crippen MR) is 123 cm³/mol. The van der Waals surface area contributed by atoms with Gasteiger partial charge in [0.1, 0.15) is 11.4 Å². The van der Waals surface area contributed by atoms with Gasteiger partial charge in [0.2, 0.25) is 5.43 Å². The molecule has 9 heteroatoms. The molecule has 3 heterocycles. The molecule has 2 saturated heterocycles. The second kappa shape index (κ2) is 8.32. The maximum Gasteiger partial charge on any atom is 0.341 e. The lowest BCUT2D eigenvalue weighted by atomic mass is 10.0. The Morgan fingerprint density at radius 3 is 2.50 bits per heavy atom. The normalized spacial score (nSPS) is 22.7. The van der Waals surface area contributed by atoms with Crippen LogP contribution in [-0.2, 0) is 0 Å². The number of likely N-dealkylation sites (tertiary alicyclic amines) is 1. The van der Waals surface area contributed by atoms with Crippen LogP contribution < -0.4 is 15.6 Å². The minimum absolute atomic E-state index is 0.0308. The molecule has 0 radical (unpaired) electrons. The number of anilines is 1. The summed E-state index contributed by atoms with van der Waals surface area (Å²) in [4.78, 5) is 28.6. The molecule has 2 N–H and O–H groups in total. The van der Waals surface area contributed by atoms with E-state index in [1.54, 1.807) is 4.57 Å². The number of halogens is 2. The molecule has 32 heavy (non-hydrogen) atoms. The zero-order chi connectivity index (χ0) is 22.6. The lowest BCUT2D eigenvalue weighted by molar-refractivity contribution is 0.0695. The van der Waals surface area contributed by atoms with Crippen molar-refractivity contribution in [2.24, 2.45) is 0 Å². The number of hydrogen-bond acceptors (Lipinski definition) is 5. The van der Waals surface area contributed by atoms with Crippen molar-refractivity contribution < 1.29 is 14.3 Å². The molecule has 1 aromatic heterocycles. The predicted octanol–water partition coefficient (Wildman–Crippen LogP) is 3.09. The molecular formula is C23H28ClFN4O3. The topological polar surface area (TPSA) is 77.8 Å². The molecular weight excluding hydrogens is 435 g/mol. The average molecular weight is 463 g/mol. The Labute approximate surface area is 190 Å². The summed E-state index contributed by atoms with van der Waals surface area (Å²) in [7, 11) is 2.14. The van der Waals surface area contributed by atoms with Gasteiger partial charge in [-0.05, 0) is 58.3 Å². The number of carboxylic acid groups (broad SMARTS) is 1. The van der Waals surface area contributed by atoms with Crippen LogP contribution in [0.15, 0.2) is 17.1 Å². The Hall–Kier alpha value is -2.16. The van der Waals surface area contributed by atoms with E-state index in [9.17, 15) is 14.7 Å². The molecule has 3 aliphatic rings. The van der Waals surface area contributed by atoms with Crippen LogP contribution in [0.1, 0.15) is 48.5 Å². The maximum atomic E-state index is 15.3. The zero-order valence-electron chi connectivity index (χ0n) is 18.1. The highest BCUT2D eigenvalue weighted by Crippen LogP contribution is 2.42. The molecule has 7 nitrogen and oxygen atoms in total. The fourth-order valence-electron chi connectivity index (χ4n) is 5.12. The van der Waals surface area contributed by atoms with Gasteiger partial charge >= 0.3 is 5.97 Å². The number of rotatable bonds is 5. The minimum Gasteiger partial charge on any atom is -0.477 e. The first-order valence-corrected chi connectivity index (χ1v) is 11.7. The quantitative estimate of drug-likeness (QED) is 0.711. The number of aromatic carboxylic acids is 1. The summed E-state index contributed by atoms with van der Waals surface area (Å²) in [5.74, 6) is -1.89. The van der Waals surface area contributed by atoms with E-state index in [4.69, 9.17) is 11.6 Å². The number of aromatic nitrogens is 1. The first kappa shape index (κ1) is 21.7. The number of carbonyl (C=O) groups is 1. The number of fused-ring (bicyclic) bond motifs is 1. The number of hydrogen-bond donors (Lipinski definition) is 2. The van der Waals surface area contributed by atoms with E-state index < -0.39 is 17.2 Å². The van der Waals surface area contributed by atoms with Gasteiger partial charge in [0.15, 0.2) is 0 Å². The number of nitrogens with one attached hydrogen (secondary N) is 1. The molecule has 0 amide bonds. The maximum absolute atomic E-state index is 15.3. The van der Waals surface area contributed by atoms with Crippen LogP contribution in [0.2, 0.25) is 5.02 Å². The largest absolute Gasteiger partial charge is 0.477 e. The van der Waals surface area contributed by atoms with Crippen molar-refractivity contribution >= 4 is 34.2 Å². The van der Waals surface area contributed by atoms with Gasteiger partial charge in [-0.2, -0.15) is 0 Å². The summed E-state index contributed by atoms with van der Waals surface area (Å²) < 4.78 is 17.0. The molecule has 1 saturated carbocycles. The number of pyridine rings is 1. The monoisotopic (exact) mass is 462 g/mol. The molecule has 2 aliphatic heterocycles. The van der Waals surface area contributed by atoms with E-state index in [1.807, 2.05) is 4.90 Å².